The summed E-state index contributed by atoms with van der Waals surface area (Å²) < 4.78 is 88.0. The van der Waals surface area contributed by atoms with Gasteiger partial charge in [-0.1, -0.05) is 12.1 Å². The van der Waals surface area contributed by atoms with E-state index in [0.717, 1.165) is 24.3 Å². The average molecular weight is 570 g/mol. The lowest BCUT2D eigenvalue weighted by Gasteiger charge is -2.24. The first kappa shape index (κ1) is 29.6. The Bertz CT molecular complexity index is 1410. The molecule has 0 spiro atoms. The molecule has 9 nitrogen and oxygen atoms in total. The van der Waals surface area contributed by atoms with E-state index in [1.54, 1.807) is 0 Å². The van der Waals surface area contributed by atoms with Gasteiger partial charge in [-0.2, -0.15) is 26.3 Å². The van der Waals surface area contributed by atoms with Gasteiger partial charge >= 0.3 is 30.3 Å². The molecule has 2 N–H and O–H groups in total. The number of nitrogens with zero attached hydrogens (tertiary/aromatic N) is 1. The van der Waals surface area contributed by atoms with Crippen LogP contribution in [0.4, 0.5) is 32.0 Å². The van der Waals surface area contributed by atoms with Gasteiger partial charge in [0.1, 0.15) is 0 Å². The summed E-state index contributed by atoms with van der Waals surface area (Å²) in [6.07, 6.45) is -12.4. The minimum absolute atomic E-state index is 0.00783. The Labute approximate surface area is 220 Å². The minimum Gasteiger partial charge on any atom is -0.478 e. The zero-order valence-corrected chi connectivity index (χ0v) is 19.7. The van der Waals surface area contributed by atoms with Crippen LogP contribution in [0.15, 0.2) is 73.1 Å². The molecule has 0 aliphatic heterocycles. The zero-order chi connectivity index (χ0) is 29.7. The van der Waals surface area contributed by atoms with Gasteiger partial charge in [0.2, 0.25) is 12.2 Å². The number of halogens is 6. The van der Waals surface area contributed by atoms with Crippen LogP contribution in [0.5, 0.6) is 0 Å². The van der Waals surface area contributed by atoms with Crippen LogP contribution in [0.2, 0.25) is 0 Å². The van der Waals surface area contributed by atoms with Crippen LogP contribution in [0.25, 0.3) is 0 Å². The molecule has 2 aromatic carbocycles. The Hall–Kier alpha value is -4.95. The average Bonchev–Trinajstić information content (AvgIpc) is 2.90. The van der Waals surface area contributed by atoms with Crippen LogP contribution in [-0.2, 0) is 31.4 Å². The fraction of sp³-hybridized carbons (Fsp3) is 0.160. The molecule has 1 amide bonds. The second-order valence-corrected chi connectivity index (χ2v) is 7.87. The number of rotatable bonds is 8. The summed E-state index contributed by atoms with van der Waals surface area (Å²) in [5.41, 5.74) is -4.00. The van der Waals surface area contributed by atoms with Gasteiger partial charge in [-0.15, -0.1) is 0 Å². The van der Waals surface area contributed by atoms with Crippen molar-refractivity contribution >= 4 is 29.5 Å². The number of carbonyl (C=O) groups excluding carboxylic acids is 3. The summed E-state index contributed by atoms with van der Waals surface area (Å²) in [7, 11) is 0. The number of carboxylic acids is 1. The number of esters is 2. The summed E-state index contributed by atoms with van der Waals surface area (Å²) in [4.78, 5) is 53.9. The molecule has 0 saturated heterocycles. The van der Waals surface area contributed by atoms with E-state index in [1.807, 2.05) is 0 Å². The summed E-state index contributed by atoms with van der Waals surface area (Å²) in [6, 6.07) is 7.96. The smallest absolute Gasteiger partial charge is 0.416 e. The highest BCUT2D eigenvalue weighted by atomic mass is 19.4. The highest BCUT2D eigenvalue weighted by Gasteiger charge is 2.42. The number of amides is 1. The molecule has 0 aliphatic rings. The summed E-state index contributed by atoms with van der Waals surface area (Å²) in [5, 5.41) is 11.9. The maximum absolute atomic E-state index is 13.1. The van der Waals surface area contributed by atoms with Gasteiger partial charge in [0.15, 0.2) is 0 Å². The molecule has 1 aromatic heterocycles. The molecule has 0 unspecified atom stereocenters. The van der Waals surface area contributed by atoms with E-state index >= 15 is 0 Å². The van der Waals surface area contributed by atoms with Crippen molar-refractivity contribution in [2.75, 3.05) is 5.32 Å². The maximum atomic E-state index is 13.1. The molecule has 0 fully saturated rings. The Morgan fingerprint density at radius 2 is 1.18 bits per heavy atom. The normalized spacial score (nSPS) is 13.1. The zero-order valence-electron chi connectivity index (χ0n) is 19.7. The molecular formula is C25H16F6N2O7. The van der Waals surface area contributed by atoms with Crippen molar-refractivity contribution in [2.24, 2.45) is 0 Å². The van der Waals surface area contributed by atoms with E-state index in [2.05, 4.69) is 10.3 Å². The van der Waals surface area contributed by atoms with Crippen molar-refractivity contribution in [3.05, 3.63) is 95.3 Å². The van der Waals surface area contributed by atoms with Crippen LogP contribution < -0.4 is 5.32 Å². The van der Waals surface area contributed by atoms with E-state index < -0.39 is 70.6 Å². The van der Waals surface area contributed by atoms with Crippen molar-refractivity contribution in [1.29, 1.82) is 0 Å². The standard InChI is InChI=1S/C25H16F6N2O7/c26-24(27,28)15-5-1-3-13(11-15)22(37)39-18(20(34)33-17-7-9-32-10-8-17)19(21(35)36)40-23(38)14-4-2-6-16(12-14)25(29,30)31/h1-12,18-19H,(H,35,36)(H,32,33,34)/t18-,19+/m0/s1. The third-order valence-electron chi connectivity index (χ3n) is 5.04. The van der Waals surface area contributed by atoms with E-state index in [-0.39, 0.29) is 5.69 Å². The number of hydrogen-bond acceptors (Lipinski definition) is 7. The maximum Gasteiger partial charge on any atom is 0.416 e. The van der Waals surface area contributed by atoms with E-state index in [0.29, 0.717) is 24.3 Å². The summed E-state index contributed by atoms with van der Waals surface area (Å²) in [5.74, 6) is -6.68. The molecule has 0 bridgehead atoms. The molecule has 0 radical (unpaired) electrons. The first-order valence-corrected chi connectivity index (χ1v) is 10.9. The van der Waals surface area contributed by atoms with Crippen molar-refractivity contribution in [3.8, 4) is 0 Å². The number of anilines is 1. The van der Waals surface area contributed by atoms with Crippen LogP contribution in [0.1, 0.15) is 31.8 Å². The van der Waals surface area contributed by atoms with Gasteiger partial charge in [-0.05, 0) is 48.5 Å². The number of pyridine rings is 1. The van der Waals surface area contributed by atoms with Crippen LogP contribution in [-0.4, -0.2) is 46.1 Å². The number of ether oxygens (including phenoxy) is 2. The Morgan fingerprint density at radius 1 is 0.725 bits per heavy atom. The third kappa shape index (κ3) is 7.55. The number of carboxylic acid groups (broad SMARTS) is 1. The molecular weight excluding hydrogens is 554 g/mol. The monoisotopic (exact) mass is 570 g/mol. The van der Waals surface area contributed by atoms with E-state index in [4.69, 9.17) is 9.47 Å². The predicted molar refractivity (Wildman–Crippen MR) is 122 cm³/mol. The fourth-order valence-electron chi connectivity index (χ4n) is 3.15. The second-order valence-electron chi connectivity index (χ2n) is 7.87. The highest BCUT2D eigenvalue weighted by molar-refractivity contribution is 6.01. The third-order valence-corrected chi connectivity index (χ3v) is 5.04. The van der Waals surface area contributed by atoms with Crippen molar-refractivity contribution in [3.63, 3.8) is 0 Å². The van der Waals surface area contributed by atoms with Crippen LogP contribution in [0, 0.1) is 0 Å². The van der Waals surface area contributed by atoms with E-state index in [1.165, 1.54) is 24.5 Å². The lowest BCUT2D eigenvalue weighted by molar-refractivity contribution is -0.157. The second kappa shape index (κ2) is 11.8. The highest BCUT2D eigenvalue weighted by Crippen LogP contribution is 2.31. The Balaban J connectivity index is 1.95. The largest absolute Gasteiger partial charge is 0.478 e. The number of benzene rings is 2. The quantitative estimate of drug-likeness (QED) is 0.297. The van der Waals surface area contributed by atoms with Crippen molar-refractivity contribution < 1.29 is 60.1 Å². The van der Waals surface area contributed by atoms with Gasteiger partial charge in [-0.25, -0.2) is 14.4 Å². The molecule has 3 rings (SSSR count). The molecule has 1 heterocycles. The lowest BCUT2D eigenvalue weighted by Crippen LogP contribution is -2.48. The van der Waals surface area contributed by atoms with E-state index in [9.17, 15) is 50.6 Å². The predicted octanol–water partition coefficient (Wildman–Crippen LogP) is 4.59. The lowest BCUT2D eigenvalue weighted by atomic mass is 10.1. The minimum atomic E-state index is -4.87. The number of alkyl halides is 6. The van der Waals surface area contributed by atoms with Crippen LogP contribution in [0.3, 0.4) is 0 Å². The number of aliphatic carboxylic acids is 1. The van der Waals surface area contributed by atoms with Crippen molar-refractivity contribution in [1.82, 2.24) is 4.98 Å². The Kier molecular flexibility index (Phi) is 8.76. The fourth-order valence-corrected chi connectivity index (χ4v) is 3.15. The van der Waals surface area contributed by atoms with Gasteiger partial charge in [0.05, 0.1) is 22.3 Å². The van der Waals surface area contributed by atoms with Crippen LogP contribution >= 0.6 is 0 Å². The van der Waals surface area contributed by atoms with Gasteiger partial charge < -0.3 is 19.9 Å². The SMILES string of the molecule is O=C(O[C@H](C(=O)Nc1ccncc1)[C@@H](OC(=O)c1cccc(C(F)(F)F)c1)C(=O)O)c1cccc(C(F)(F)F)c1. The number of carbonyl (C=O) groups is 4. The number of aromatic nitrogens is 1. The van der Waals surface area contributed by atoms with Gasteiger partial charge in [-0.3, -0.25) is 9.78 Å². The molecule has 2 atom stereocenters. The molecule has 3 aromatic rings. The van der Waals surface area contributed by atoms with Gasteiger partial charge in [0, 0.05) is 18.1 Å². The molecule has 0 aliphatic carbocycles. The topological polar surface area (TPSA) is 132 Å². The van der Waals surface area contributed by atoms with Crippen molar-refractivity contribution in [2.45, 2.75) is 24.6 Å². The first-order valence-electron chi connectivity index (χ1n) is 10.9. The molecule has 15 heteroatoms. The first-order chi connectivity index (χ1) is 18.7. The number of hydrogen-bond donors (Lipinski definition) is 2. The van der Waals surface area contributed by atoms with Gasteiger partial charge in [0.25, 0.3) is 5.91 Å². The molecule has 40 heavy (non-hydrogen) atoms. The Morgan fingerprint density at radius 3 is 1.60 bits per heavy atom. The molecule has 0 saturated carbocycles. The molecule has 210 valence electrons. The summed E-state index contributed by atoms with van der Waals surface area (Å²) in [6.45, 7) is 0. The number of nitrogens with one attached hydrogen (secondary N) is 1. The summed E-state index contributed by atoms with van der Waals surface area (Å²) >= 11 is 0.